The van der Waals surface area contributed by atoms with Crippen LogP contribution in [-0.4, -0.2) is 54.6 Å². The number of anilines is 2. The molecule has 0 aromatic heterocycles. The van der Waals surface area contributed by atoms with E-state index in [0.717, 1.165) is 37.3 Å². The predicted octanol–water partition coefficient (Wildman–Crippen LogP) is 4.26. The summed E-state index contributed by atoms with van der Waals surface area (Å²) in [5, 5.41) is 12.4. The van der Waals surface area contributed by atoms with Gasteiger partial charge in [-0.2, -0.15) is 0 Å². The summed E-state index contributed by atoms with van der Waals surface area (Å²) in [6, 6.07) is 12.4. The molecule has 2 N–H and O–H groups in total. The highest BCUT2D eigenvalue weighted by atomic mass is 16.4. The fraction of sp³-hybridized carbons (Fsp3) is 0.440. The van der Waals surface area contributed by atoms with Gasteiger partial charge in [0.1, 0.15) is 0 Å². The van der Waals surface area contributed by atoms with Gasteiger partial charge < -0.3 is 20.2 Å². The van der Waals surface area contributed by atoms with Crippen LogP contribution in [0.15, 0.2) is 42.5 Å². The molecule has 2 aliphatic heterocycles. The van der Waals surface area contributed by atoms with Gasteiger partial charge >= 0.3 is 5.97 Å². The minimum atomic E-state index is -0.997. The summed E-state index contributed by atoms with van der Waals surface area (Å²) in [4.78, 5) is 29.3. The average molecular weight is 422 g/mol. The number of piperidine rings is 1. The maximum atomic E-state index is 12.9. The largest absolute Gasteiger partial charge is 0.478 e. The van der Waals surface area contributed by atoms with Gasteiger partial charge in [0.2, 0.25) is 0 Å². The van der Waals surface area contributed by atoms with Gasteiger partial charge in [0.25, 0.3) is 5.91 Å². The smallest absolute Gasteiger partial charge is 0.335 e. The highest BCUT2D eigenvalue weighted by Gasteiger charge is 2.25. The van der Waals surface area contributed by atoms with Crippen LogP contribution in [0.2, 0.25) is 0 Å². The number of carbonyl (C=O) groups is 2. The molecule has 0 radical (unpaired) electrons. The molecule has 2 heterocycles. The van der Waals surface area contributed by atoms with E-state index in [9.17, 15) is 14.7 Å². The summed E-state index contributed by atoms with van der Waals surface area (Å²) >= 11 is 0. The van der Waals surface area contributed by atoms with E-state index in [1.807, 2.05) is 25.1 Å². The molecular formula is C25H31N3O3. The number of amides is 1. The molecule has 6 heteroatoms. The van der Waals surface area contributed by atoms with Gasteiger partial charge in [-0.15, -0.1) is 0 Å². The molecule has 2 aliphatic rings. The van der Waals surface area contributed by atoms with E-state index in [4.69, 9.17) is 0 Å². The standard InChI is InChI=1S/C25H31N3O3/c1-18-6-8-20(9-7-18)24(29)26-22-15-21(25(30)31)10-11-23(22)28-14-4-5-19(17-28)16-27-12-2-3-13-27/h6-11,15,19H,2-5,12-14,16-17H2,1H3,(H,26,29)(H,30,31)/t19-/m1/s1. The fourth-order valence-corrected chi connectivity index (χ4v) is 4.71. The first-order valence-electron chi connectivity index (χ1n) is 11.2. The normalized spacial score (nSPS) is 19.4. The van der Waals surface area contributed by atoms with Crippen LogP contribution in [0.5, 0.6) is 0 Å². The summed E-state index contributed by atoms with van der Waals surface area (Å²) < 4.78 is 0. The Kier molecular flexibility index (Phi) is 6.56. The van der Waals surface area contributed by atoms with Crippen LogP contribution in [0, 0.1) is 12.8 Å². The second kappa shape index (κ2) is 9.52. The third-order valence-electron chi connectivity index (χ3n) is 6.38. The highest BCUT2D eigenvalue weighted by Crippen LogP contribution is 2.32. The van der Waals surface area contributed by atoms with Gasteiger partial charge in [-0.05, 0) is 81.9 Å². The maximum Gasteiger partial charge on any atom is 0.335 e. The first-order chi connectivity index (χ1) is 15.0. The number of aryl methyl sites for hydroxylation is 1. The Morgan fingerprint density at radius 3 is 2.42 bits per heavy atom. The van der Waals surface area contributed by atoms with Crippen molar-refractivity contribution >= 4 is 23.3 Å². The Hall–Kier alpha value is -2.86. The number of carbonyl (C=O) groups excluding carboxylic acids is 1. The van der Waals surface area contributed by atoms with E-state index in [-0.39, 0.29) is 11.5 Å². The fourth-order valence-electron chi connectivity index (χ4n) is 4.71. The second-order valence-corrected chi connectivity index (χ2v) is 8.82. The Morgan fingerprint density at radius 2 is 1.71 bits per heavy atom. The van der Waals surface area contributed by atoms with Gasteiger partial charge in [0.15, 0.2) is 0 Å². The number of carboxylic acids is 1. The van der Waals surface area contributed by atoms with Crippen molar-refractivity contribution in [3.05, 3.63) is 59.2 Å². The van der Waals surface area contributed by atoms with Crippen LogP contribution in [0.4, 0.5) is 11.4 Å². The van der Waals surface area contributed by atoms with Crippen LogP contribution in [0.1, 0.15) is 52.0 Å². The molecule has 164 valence electrons. The van der Waals surface area contributed by atoms with Crippen molar-refractivity contribution in [3.63, 3.8) is 0 Å². The molecule has 0 aliphatic carbocycles. The van der Waals surface area contributed by atoms with Crippen LogP contribution in [-0.2, 0) is 0 Å². The molecule has 31 heavy (non-hydrogen) atoms. The zero-order chi connectivity index (χ0) is 21.8. The lowest BCUT2D eigenvalue weighted by Gasteiger charge is -2.37. The monoisotopic (exact) mass is 421 g/mol. The Bertz CT molecular complexity index is 936. The van der Waals surface area contributed by atoms with Crippen molar-refractivity contribution in [2.75, 3.05) is 42.9 Å². The van der Waals surface area contributed by atoms with Crippen LogP contribution < -0.4 is 10.2 Å². The molecule has 0 saturated carbocycles. The zero-order valence-electron chi connectivity index (χ0n) is 18.1. The Morgan fingerprint density at radius 1 is 1.00 bits per heavy atom. The van der Waals surface area contributed by atoms with Crippen LogP contribution in [0.25, 0.3) is 0 Å². The first-order valence-corrected chi connectivity index (χ1v) is 11.2. The summed E-state index contributed by atoms with van der Waals surface area (Å²) in [5.74, 6) is -0.635. The molecule has 2 fully saturated rings. The van der Waals surface area contributed by atoms with Crippen molar-refractivity contribution in [3.8, 4) is 0 Å². The molecule has 1 atom stereocenters. The number of nitrogens with one attached hydrogen (secondary N) is 1. The van der Waals surface area contributed by atoms with Crippen LogP contribution >= 0.6 is 0 Å². The molecule has 0 spiro atoms. The van der Waals surface area contributed by atoms with E-state index >= 15 is 0 Å². The molecule has 2 saturated heterocycles. The Balaban J connectivity index is 1.55. The van der Waals surface area contributed by atoms with E-state index in [1.54, 1.807) is 24.3 Å². The molecule has 0 unspecified atom stereocenters. The zero-order valence-corrected chi connectivity index (χ0v) is 18.1. The number of hydrogen-bond donors (Lipinski definition) is 2. The van der Waals surface area contributed by atoms with Crippen LogP contribution in [0.3, 0.4) is 0 Å². The molecule has 4 rings (SSSR count). The number of hydrogen-bond acceptors (Lipinski definition) is 4. The van der Waals surface area contributed by atoms with Crippen molar-refractivity contribution in [1.82, 2.24) is 4.90 Å². The average Bonchev–Trinajstić information content (AvgIpc) is 3.27. The molecular weight excluding hydrogens is 390 g/mol. The molecule has 1 amide bonds. The lowest BCUT2D eigenvalue weighted by atomic mass is 9.96. The van der Waals surface area contributed by atoms with E-state index in [0.29, 0.717) is 17.2 Å². The Labute approximate surface area is 183 Å². The molecule has 6 nitrogen and oxygen atoms in total. The van der Waals surface area contributed by atoms with Crippen molar-refractivity contribution in [2.24, 2.45) is 5.92 Å². The minimum Gasteiger partial charge on any atom is -0.478 e. The summed E-state index contributed by atoms with van der Waals surface area (Å²) in [7, 11) is 0. The number of nitrogens with zero attached hydrogens (tertiary/aromatic N) is 2. The maximum absolute atomic E-state index is 12.9. The third-order valence-corrected chi connectivity index (χ3v) is 6.38. The topological polar surface area (TPSA) is 72.9 Å². The number of benzene rings is 2. The van der Waals surface area contributed by atoms with Crippen molar-refractivity contribution < 1.29 is 14.7 Å². The first kappa shape index (κ1) is 21.4. The number of carboxylic acid groups (broad SMARTS) is 1. The van der Waals surface area contributed by atoms with Gasteiger partial charge in [0.05, 0.1) is 16.9 Å². The SMILES string of the molecule is Cc1ccc(C(=O)Nc2cc(C(=O)O)ccc2N2CCC[C@H](CN3CCCC3)C2)cc1. The molecule has 0 bridgehead atoms. The summed E-state index contributed by atoms with van der Waals surface area (Å²) in [6.45, 7) is 7.33. The lowest BCUT2D eigenvalue weighted by Crippen LogP contribution is -2.40. The highest BCUT2D eigenvalue weighted by molar-refractivity contribution is 6.06. The van der Waals surface area contributed by atoms with Crippen molar-refractivity contribution in [2.45, 2.75) is 32.6 Å². The van der Waals surface area contributed by atoms with Gasteiger partial charge in [-0.3, -0.25) is 4.79 Å². The number of likely N-dealkylation sites (tertiary alicyclic amines) is 1. The predicted molar refractivity (Wildman–Crippen MR) is 123 cm³/mol. The number of rotatable bonds is 6. The summed E-state index contributed by atoms with van der Waals surface area (Å²) in [5.41, 5.74) is 3.28. The van der Waals surface area contributed by atoms with E-state index in [1.165, 1.54) is 32.4 Å². The quantitative estimate of drug-likeness (QED) is 0.729. The molecule has 2 aromatic rings. The van der Waals surface area contributed by atoms with Gasteiger partial charge in [-0.1, -0.05) is 17.7 Å². The number of aromatic carboxylic acids is 1. The van der Waals surface area contributed by atoms with Gasteiger partial charge in [-0.25, -0.2) is 4.79 Å². The van der Waals surface area contributed by atoms with E-state index in [2.05, 4.69) is 15.1 Å². The summed E-state index contributed by atoms with van der Waals surface area (Å²) in [6.07, 6.45) is 4.90. The van der Waals surface area contributed by atoms with Gasteiger partial charge in [0, 0.05) is 25.2 Å². The lowest BCUT2D eigenvalue weighted by molar-refractivity contribution is 0.0696. The second-order valence-electron chi connectivity index (χ2n) is 8.82. The van der Waals surface area contributed by atoms with E-state index < -0.39 is 5.97 Å². The molecule has 2 aromatic carbocycles. The minimum absolute atomic E-state index is 0.175. The third kappa shape index (κ3) is 5.25. The van der Waals surface area contributed by atoms with Crippen molar-refractivity contribution in [1.29, 1.82) is 0 Å².